The summed E-state index contributed by atoms with van der Waals surface area (Å²) >= 11 is 5.12. The first-order valence-electron chi connectivity index (χ1n) is 6.97. The van der Waals surface area contributed by atoms with E-state index in [1.165, 1.54) is 0 Å². The molecule has 0 fully saturated rings. The van der Waals surface area contributed by atoms with Crippen molar-refractivity contribution in [1.82, 2.24) is 5.32 Å². The van der Waals surface area contributed by atoms with Crippen LogP contribution < -0.4 is 15.4 Å². The van der Waals surface area contributed by atoms with E-state index in [-0.39, 0.29) is 11.0 Å². The van der Waals surface area contributed by atoms with E-state index in [9.17, 15) is 4.79 Å². The molecule has 116 valence electrons. The van der Waals surface area contributed by atoms with Gasteiger partial charge in [-0.05, 0) is 61.6 Å². The molecule has 5 nitrogen and oxygen atoms in total. The van der Waals surface area contributed by atoms with Crippen LogP contribution in [0.5, 0.6) is 5.75 Å². The zero-order chi connectivity index (χ0) is 16.7. The summed E-state index contributed by atoms with van der Waals surface area (Å²) in [6.45, 7) is 2.41. The standard InChI is InChI=1S/C17H15N3O2S/c1-2-22-15-5-3-4-13(10-15)16(21)20-17(23)19-14-8-6-12(11-18)7-9-14/h3-10H,2H2,1H3,(H2,19,20,21,23). The molecular weight excluding hydrogens is 310 g/mol. The molecule has 0 heterocycles. The molecule has 1 amide bonds. The summed E-state index contributed by atoms with van der Waals surface area (Å²) in [5.41, 5.74) is 1.70. The van der Waals surface area contributed by atoms with Crippen molar-refractivity contribution in [2.75, 3.05) is 11.9 Å². The Morgan fingerprint density at radius 2 is 2.00 bits per heavy atom. The van der Waals surface area contributed by atoms with Crippen LogP contribution in [0.25, 0.3) is 0 Å². The first kappa shape index (κ1) is 16.5. The summed E-state index contributed by atoms with van der Waals surface area (Å²) in [4.78, 5) is 12.2. The van der Waals surface area contributed by atoms with Crippen LogP contribution in [0.4, 0.5) is 5.69 Å². The van der Waals surface area contributed by atoms with Gasteiger partial charge in [0, 0.05) is 11.3 Å². The number of anilines is 1. The van der Waals surface area contributed by atoms with Gasteiger partial charge in [0.1, 0.15) is 5.75 Å². The number of nitriles is 1. The zero-order valence-electron chi connectivity index (χ0n) is 12.5. The van der Waals surface area contributed by atoms with E-state index in [1.54, 1.807) is 48.5 Å². The van der Waals surface area contributed by atoms with Crippen LogP contribution in [0.3, 0.4) is 0 Å². The number of amides is 1. The molecule has 2 aromatic carbocycles. The van der Waals surface area contributed by atoms with E-state index in [4.69, 9.17) is 22.2 Å². The first-order chi connectivity index (χ1) is 11.1. The normalized spacial score (nSPS) is 9.57. The summed E-state index contributed by atoms with van der Waals surface area (Å²) in [6.07, 6.45) is 0. The summed E-state index contributed by atoms with van der Waals surface area (Å²) in [5.74, 6) is 0.309. The molecule has 0 aliphatic rings. The van der Waals surface area contributed by atoms with Crippen LogP contribution in [-0.2, 0) is 0 Å². The second-order valence-electron chi connectivity index (χ2n) is 4.56. The predicted octanol–water partition coefficient (Wildman–Crippen LogP) is 3.08. The van der Waals surface area contributed by atoms with E-state index < -0.39 is 0 Å². The van der Waals surface area contributed by atoms with Gasteiger partial charge in [0.15, 0.2) is 5.11 Å². The average molecular weight is 325 g/mol. The number of hydrogen-bond donors (Lipinski definition) is 2. The van der Waals surface area contributed by atoms with E-state index in [1.807, 2.05) is 13.0 Å². The van der Waals surface area contributed by atoms with Gasteiger partial charge in [0.05, 0.1) is 18.2 Å². The van der Waals surface area contributed by atoms with Crippen molar-refractivity contribution in [2.45, 2.75) is 6.92 Å². The average Bonchev–Trinajstić information content (AvgIpc) is 2.56. The van der Waals surface area contributed by atoms with Crippen LogP contribution in [0.15, 0.2) is 48.5 Å². The van der Waals surface area contributed by atoms with E-state index in [0.717, 1.165) is 0 Å². The molecule has 0 spiro atoms. The highest BCUT2D eigenvalue weighted by atomic mass is 32.1. The Kier molecular flexibility index (Phi) is 5.67. The Morgan fingerprint density at radius 1 is 1.26 bits per heavy atom. The van der Waals surface area contributed by atoms with Gasteiger partial charge in [-0.2, -0.15) is 5.26 Å². The van der Waals surface area contributed by atoms with Crippen LogP contribution in [0.2, 0.25) is 0 Å². The summed E-state index contributed by atoms with van der Waals surface area (Å²) in [7, 11) is 0. The summed E-state index contributed by atoms with van der Waals surface area (Å²) in [6, 6.07) is 15.7. The molecule has 23 heavy (non-hydrogen) atoms. The molecule has 0 saturated carbocycles. The summed E-state index contributed by atoms with van der Waals surface area (Å²) < 4.78 is 5.36. The fourth-order valence-corrected chi connectivity index (χ4v) is 2.07. The second-order valence-corrected chi connectivity index (χ2v) is 4.97. The topological polar surface area (TPSA) is 74.2 Å². The molecule has 0 saturated heterocycles. The molecule has 0 aromatic heterocycles. The third-order valence-electron chi connectivity index (χ3n) is 2.91. The van der Waals surface area contributed by atoms with Gasteiger partial charge >= 0.3 is 0 Å². The minimum atomic E-state index is -0.322. The van der Waals surface area contributed by atoms with Crippen LogP contribution in [-0.4, -0.2) is 17.6 Å². The van der Waals surface area contributed by atoms with Crippen molar-refractivity contribution in [1.29, 1.82) is 5.26 Å². The second kappa shape index (κ2) is 7.92. The Bertz CT molecular complexity index is 751. The van der Waals surface area contributed by atoms with E-state index in [2.05, 4.69) is 10.6 Å². The third kappa shape index (κ3) is 4.80. The number of nitrogens with zero attached hydrogens (tertiary/aromatic N) is 1. The maximum Gasteiger partial charge on any atom is 0.257 e. The largest absolute Gasteiger partial charge is 0.494 e. The molecule has 0 bridgehead atoms. The Hall–Kier alpha value is -2.91. The lowest BCUT2D eigenvalue weighted by Crippen LogP contribution is -2.34. The van der Waals surface area contributed by atoms with Crippen molar-refractivity contribution in [3.05, 3.63) is 59.7 Å². The molecule has 2 aromatic rings. The fourth-order valence-electron chi connectivity index (χ4n) is 1.86. The maximum absolute atomic E-state index is 12.2. The number of carbonyl (C=O) groups excluding carboxylic acids is 1. The highest BCUT2D eigenvalue weighted by molar-refractivity contribution is 7.80. The number of rotatable bonds is 4. The monoisotopic (exact) mass is 325 g/mol. The molecule has 0 aliphatic carbocycles. The Labute approximate surface area is 139 Å². The fraction of sp³-hybridized carbons (Fsp3) is 0.118. The predicted molar refractivity (Wildman–Crippen MR) is 92.5 cm³/mol. The lowest BCUT2D eigenvalue weighted by molar-refractivity contribution is 0.0977. The van der Waals surface area contributed by atoms with Crippen LogP contribution in [0.1, 0.15) is 22.8 Å². The molecule has 0 unspecified atom stereocenters. The molecule has 2 N–H and O–H groups in total. The van der Waals surface area contributed by atoms with Gasteiger partial charge in [-0.1, -0.05) is 6.07 Å². The lowest BCUT2D eigenvalue weighted by atomic mass is 10.2. The zero-order valence-corrected chi connectivity index (χ0v) is 13.3. The van der Waals surface area contributed by atoms with Gasteiger partial charge < -0.3 is 10.1 Å². The minimum Gasteiger partial charge on any atom is -0.494 e. The highest BCUT2D eigenvalue weighted by Crippen LogP contribution is 2.13. The van der Waals surface area contributed by atoms with Crippen molar-refractivity contribution in [3.63, 3.8) is 0 Å². The number of nitrogens with one attached hydrogen (secondary N) is 2. The maximum atomic E-state index is 12.2. The van der Waals surface area contributed by atoms with E-state index >= 15 is 0 Å². The third-order valence-corrected chi connectivity index (χ3v) is 3.11. The molecule has 0 aliphatic heterocycles. The Balaban J connectivity index is 1.97. The highest BCUT2D eigenvalue weighted by Gasteiger charge is 2.09. The molecular formula is C17H15N3O2S. The Morgan fingerprint density at radius 3 is 2.65 bits per heavy atom. The SMILES string of the molecule is CCOc1cccc(C(=O)NC(=S)Nc2ccc(C#N)cc2)c1. The number of thiocarbonyl (C=S) groups is 1. The van der Waals surface area contributed by atoms with Crippen molar-refractivity contribution in [3.8, 4) is 11.8 Å². The quantitative estimate of drug-likeness (QED) is 0.845. The van der Waals surface area contributed by atoms with Gasteiger partial charge in [-0.3, -0.25) is 10.1 Å². The van der Waals surface area contributed by atoms with Gasteiger partial charge in [0.2, 0.25) is 0 Å². The smallest absolute Gasteiger partial charge is 0.257 e. The van der Waals surface area contributed by atoms with Crippen molar-refractivity contribution < 1.29 is 9.53 Å². The van der Waals surface area contributed by atoms with Crippen LogP contribution >= 0.6 is 12.2 Å². The number of ether oxygens (including phenoxy) is 1. The first-order valence-corrected chi connectivity index (χ1v) is 7.38. The van der Waals surface area contributed by atoms with Crippen molar-refractivity contribution >= 4 is 28.9 Å². The van der Waals surface area contributed by atoms with Crippen molar-refractivity contribution in [2.24, 2.45) is 0 Å². The van der Waals surface area contributed by atoms with E-state index in [0.29, 0.717) is 29.2 Å². The molecule has 0 radical (unpaired) electrons. The number of hydrogen-bond acceptors (Lipinski definition) is 4. The van der Waals surface area contributed by atoms with Gasteiger partial charge in [-0.25, -0.2) is 0 Å². The van der Waals surface area contributed by atoms with Gasteiger partial charge in [0.25, 0.3) is 5.91 Å². The summed E-state index contributed by atoms with van der Waals surface area (Å²) in [5, 5.41) is 14.4. The minimum absolute atomic E-state index is 0.182. The molecule has 0 atom stereocenters. The lowest BCUT2D eigenvalue weighted by Gasteiger charge is -2.10. The van der Waals surface area contributed by atoms with Crippen LogP contribution in [0, 0.1) is 11.3 Å². The number of carbonyl (C=O) groups is 1. The molecule has 2 rings (SSSR count). The van der Waals surface area contributed by atoms with Gasteiger partial charge in [-0.15, -0.1) is 0 Å². The molecule has 6 heteroatoms. The number of benzene rings is 2.